The highest BCUT2D eigenvalue weighted by Gasteiger charge is 2.32. The van der Waals surface area contributed by atoms with Gasteiger partial charge in [0.05, 0.1) is 26.9 Å². The second-order valence-corrected chi connectivity index (χ2v) is 14.9. The molecule has 3 aromatic carbocycles. The van der Waals surface area contributed by atoms with Crippen molar-refractivity contribution >= 4 is 60.9 Å². The summed E-state index contributed by atoms with van der Waals surface area (Å²) >= 11 is 11.9. The van der Waals surface area contributed by atoms with Gasteiger partial charge in [-0.15, -0.1) is 0 Å². The monoisotopic (exact) mass is 702 g/mol. The van der Waals surface area contributed by atoms with Gasteiger partial charge in [-0.3, -0.25) is 18.6 Å². The zero-order valence-electron chi connectivity index (χ0n) is 24.0. The number of carbonyl (C=O) groups is 1. The van der Waals surface area contributed by atoms with Crippen LogP contribution in [-0.4, -0.2) is 53.2 Å². The minimum Gasteiger partial charge on any atom is -0.331 e. The summed E-state index contributed by atoms with van der Waals surface area (Å²) in [5.74, 6) is 1.55. The maximum absolute atomic E-state index is 14.1. The molecule has 2 heterocycles. The fourth-order valence-electron chi connectivity index (χ4n) is 5.37. The lowest BCUT2D eigenvalue weighted by Gasteiger charge is -2.34. The number of nitrogens with zero attached hydrogens (tertiary/aromatic N) is 4. The lowest BCUT2D eigenvalue weighted by atomic mass is 10.1. The van der Waals surface area contributed by atoms with E-state index in [2.05, 4.69) is 15.9 Å². The van der Waals surface area contributed by atoms with Crippen LogP contribution >= 0.6 is 39.3 Å². The molecule has 1 aliphatic rings. The Morgan fingerprint density at radius 1 is 1.05 bits per heavy atom. The lowest BCUT2D eigenvalue weighted by Crippen LogP contribution is -2.42. The SMILES string of the molecule is Cc1c(N(C)S(=O)(=O)c2ccc(Cl)c(C(=O)N(Cc3cccc(Br)c3)C3CCSCC3)c2)c(=O)n(-c2ccccc2)n1C. The van der Waals surface area contributed by atoms with Crippen LogP contribution in [0.3, 0.4) is 0 Å². The van der Waals surface area contributed by atoms with Crippen molar-refractivity contribution in [3.8, 4) is 5.69 Å². The van der Waals surface area contributed by atoms with E-state index in [4.69, 9.17) is 11.6 Å². The van der Waals surface area contributed by atoms with Gasteiger partial charge in [0.15, 0.2) is 0 Å². The van der Waals surface area contributed by atoms with E-state index in [0.717, 1.165) is 38.7 Å². The summed E-state index contributed by atoms with van der Waals surface area (Å²) in [6.45, 7) is 2.06. The smallest absolute Gasteiger partial charge is 0.296 e. The first-order chi connectivity index (χ1) is 20.5. The van der Waals surface area contributed by atoms with Crippen molar-refractivity contribution in [1.29, 1.82) is 0 Å². The van der Waals surface area contributed by atoms with Gasteiger partial charge in [-0.25, -0.2) is 13.1 Å². The number of rotatable bonds is 8. The Kier molecular flexibility index (Phi) is 9.46. The molecule has 8 nitrogen and oxygen atoms in total. The van der Waals surface area contributed by atoms with Crippen LogP contribution in [0.15, 0.2) is 87.0 Å². The number of carbonyl (C=O) groups excluding carboxylic acids is 1. The van der Waals surface area contributed by atoms with Crippen molar-refractivity contribution in [2.24, 2.45) is 7.05 Å². The van der Waals surface area contributed by atoms with Crippen molar-refractivity contribution in [3.63, 3.8) is 0 Å². The van der Waals surface area contributed by atoms with Gasteiger partial charge in [-0.05, 0) is 79.3 Å². The fourth-order valence-corrected chi connectivity index (χ4v) is 8.37. The van der Waals surface area contributed by atoms with E-state index in [1.54, 1.807) is 30.8 Å². The molecule has 0 radical (unpaired) electrons. The number of hydrogen-bond acceptors (Lipinski definition) is 5. The van der Waals surface area contributed by atoms with Crippen LogP contribution in [0.5, 0.6) is 0 Å². The van der Waals surface area contributed by atoms with Crippen molar-refractivity contribution in [3.05, 3.63) is 109 Å². The molecule has 0 N–H and O–H groups in total. The number of aromatic nitrogens is 2. The third-order valence-electron chi connectivity index (χ3n) is 7.80. The summed E-state index contributed by atoms with van der Waals surface area (Å²) in [6.07, 6.45) is 1.67. The molecule has 5 rings (SSSR count). The molecule has 1 saturated heterocycles. The quantitative estimate of drug-likeness (QED) is 0.216. The van der Waals surface area contributed by atoms with Crippen LogP contribution in [0.4, 0.5) is 5.69 Å². The molecule has 12 heteroatoms. The molecule has 0 saturated carbocycles. The molecule has 0 atom stereocenters. The Labute approximate surface area is 269 Å². The first-order valence-corrected chi connectivity index (χ1v) is 17.5. The van der Waals surface area contributed by atoms with Crippen molar-refractivity contribution in [2.75, 3.05) is 22.9 Å². The van der Waals surface area contributed by atoms with E-state index in [-0.39, 0.29) is 33.1 Å². The first-order valence-electron chi connectivity index (χ1n) is 13.8. The summed E-state index contributed by atoms with van der Waals surface area (Å²) in [5.41, 5.74) is 1.69. The molecular weight excluding hydrogens is 672 g/mol. The number of para-hydroxylation sites is 1. The molecule has 1 amide bonds. The topological polar surface area (TPSA) is 84.6 Å². The van der Waals surface area contributed by atoms with Crippen LogP contribution in [0.25, 0.3) is 5.69 Å². The molecule has 0 spiro atoms. The predicted molar refractivity (Wildman–Crippen MR) is 177 cm³/mol. The molecule has 4 aromatic rings. The summed E-state index contributed by atoms with van der Waals surface area (Å²) in [7, 11) is -1.19. The standard InChI is InChI=1S/C31H32BrClN4O4S2/c1-21-29(31(39)37(34(21)2)25-10-5-4-6-11-25)35(3)43(40,41)26-12-13-28(33)27(19-26)30(38)36(24-14-16-42-17-15-24)20-22-8-7-9-23(32)18-22/h4-13,18-19,24H,14-17,20H2,1-3H3. The van der Waals surface area contributed by atoms with Gasteiger partial charge < -0.3 is 4.90 Å². The van der Waals surface area contributed by atoms with Crippen molar-refractivity contribution in [1.82, 2.24) is 14.3 Å². The normalized spacial score (nSPS) is 14.1. The Morgan fingerprint density at radius 3 is 2.42 bits per heavy atom. The molecular formula is C31H32BrClN4O4S2. The van der Waals surface area contributed by atoms with Gasteiger partial charge in [0.1, 0.15) is 5.69 Å². The molecule has 226 valence electrons. The highest BCUT2D eigenvalue weighted by Crippen LogP contribution is 2.31. The van der Waals surface area contributed by atoms with Gasteiger partial charge >= 0.3 is 0 Å². The second-order valence-electron chi connectivity index (χ2n) is 10.4. The zero-order chi connectivity index (χ0) is 30.9. The summed E-state index contributed by atoms with van der Waals surface area (Å²) in [5, 5.41) is 0.165. The lowest BCUT2D eigenvalue weighted by molar-refractivity contribution is 0.0649. The Balaban J connectivity index is 1.52. The van der Waals surface area contributed by atoms with E-state index in [9.17, 15) is 18.0 Å². The van der Waals surface area contributed by atoms with E-state index >= 15 is 0 Å². The van der Waals surface area contributed by atoms with E-state index < -0.39 is 15.6 Å². The predicted octanol–water partition coefficient (Wildman–Crippen LogP) is 6.26. The highest BCUT2D eigenvalue weighted by atomic mass is 79.9. The Morgan fingerprint density at radius 2 is 1.74 bits per heavy atom. The van der Waals surface area contributed by atoms with Crippen LogP contribution < -0.4 is 9.86 Å². The zero-order valence-corrected chi connectivity index (χ0v) is 28.0. The second kappa shape index (κ2) is 12.9. The average molecular weight is 704 g/mol. The number of benzene rings is 3. The summed E-state index contributed by atoms with van der Waals surface area (Å²) < 4.78 is 32.9. The van der Waals surface area contributed by atoms with Gasteiger partial charge in [-0.2, -0.15) is 11.8 Å². The summed E-state index contributed by atoms with van der Waals surface area (Å²) in [4.78, 5) is 29.4. The Bertz CT molecular complexity index is 1820. The van der Waals surface area contributed by atoms with E-state index in [1.807, 2.05) is 59.1 Å². The number of halogens is 2. The van der Waals surface area contributed by atoms with Crippen LogP contribution in [0, 0.1) is 6.92 Å². The number of sulfonamides is 1. The Hall–Kier alpha value is -2.99. The molecule has 0 bridgehead atoms. The third-order valence-corrected chi connectivity index (χ3v) is 11.4. The number of hydrogen-bond donors (Lipinski definition) is 0. The molecule has 1 aliphatic heterocycles. The maximum atomic E-state index is 14.1. The van der Waals surface area contributed by atoms with Crippen LogP contribution in [0.2, 0.25) is 5.02 Å². The number of thioether (sulfide) groups is 1. The highest BCUT2D eigenvalue weighted by molar-refractivity contribution is 9.10. The largest absolute Gasteiger partial charge is 0.331 e. The molecule has 1 aromatic heterocycles. The van der Waals surface area contributed by atoms with Crippen molar-refractivity contribution in [2.45, 2.75) is 37.2 Å². The number of anilines is 1. The molecule has 43 heavy (non-hydrogen) atoms. The van der Waals surface area contributed by atoms with Crippen LogP contribution in [-0.2, 0) is 23.6 Å². The first kappa shape index (κ1) is 31.4. The molecule has 1 fully saturated rings. The van der Waals surface area contributed by atoms with Gasteiger partial charge in [0.25, 0.3) is 21.5 Å². The van der Waals surface area contributed by atoms with Gasteiger partial charge in [-0.1, -0.05) is 57.9 Å². The van der Waals surface area contributed by atoms with Gasteiger partial charge in [0, 0.05) is 31.2 Å². The third kappa shape index (κ3) is 6.31. The number of amides is 1. The van der Waals surface area contributed by atoms with E-state index in [0.29, 0.717) is 17.9 Å². The van der Waals surface area contributed by atoms with Crippen LogP contribution in [0.1, 0.15) is 34.5 Å². The van der Waals surface area contributed by atoms with E-state index in [1.165, 1.54) is 29.9 Å². The molecule has 0 aliphatic carbocycles. The minimum absolute atomic E-state index is 0.00448. The summed E-state index contributed by atoms with van der Waals surface area (Å²) in [6, 6.07) is 20.9. The minimum atomic E-state index is -4.24. The average Bonchev–Trinajstić information content (AvgIpc) is 3.23. The molecule has 0 unspecified atom stereocenters. The maximum Gasteiger partial charge on any atom is 0.296 e. The fraction of sp³-hybridized carbons (Fsp3) is 0.290. The van der Waals surface area contributed by atoms with Gasteiger partial charge in [0.2, 0.25) is 0 Å². The van der Waals surface area contributed by atoms with Crippen molar-refractivity contribution < 1.29 is 13.2 Å².